The van der Waals surface area contributed by atoms with Gasteiger partial charge in [0, 0.05) is 11.3 Å². The zero-order valence-electron chi connectivity index (χ0n) is 18.1. The number of carbonyl (C=O) groups excluding carboxylic acids is 1. The van der Waals surface area contributed by atoms with Gasteiger partial charge in [-0.05, 0) is 49.4 Å². The molecule has 0 radical (unpaired) electrons. The number of hydrogen-bond acceptors (Lipinski definition) is 4. The summed E-state index contributed by atoms with van der Waals surface area (Å²) in [6.45, 7) is 8.09. The number of methoxy groups -OCH3 is 2. The minimum absolute atomic E-state index is 0.0532. The molecule has 7 nitrogen and oxygen atoms in total. The van der Waals surface area contributed by atoms with Crippen molar-refractivity contribution in [1.82, 2.24) is 0 Å². The molecule has 0 spiro atoms. The summed E-state index contributed by atoms with van der Waals surface area (Å²) in [7, 11) is 3.31. The Hall–Kier alpha value is -2.77. The van der Waals surface area contributed by atoms with E-state index in [-0.39, 0.29) is 5.91 Å². The van der Waals surface area contributed by atoms with Gasteiger partial charge in [-0.1, -0.05) is 0 Å². The Morgan fingerprint density at radius 1 is 0.933 bits per heavy atom. The third-order valence-electron chi connectivity index (χ3n) is 5.43. The van der Waals surface area contributed by atoms with Gasteiger partial charge in [0.1, 0.15) is 38.5 Å². The van der Waals surface area contributed by atoms with Gasteiger partial charge in [-0.2, -0.15) is 0 Å². The van der Waals surface area contributed by atoms with Crippen molar-refractivity contribution in [2.24, 2.45) is 0 Å². The normalized spacial score (nSPS) is 18.5. The molecule has 162 valence electrons. The molecule has 1 aliphatic heterocycles. The van der Waals surface area contributed by atoms with E-state index in [0.29, 0.717) is 13.2 Å². The minimum atomic E-state index is 0.0532. The maximum atomic E-state index is 12.4. The molecule has 0 atom stereocenters. The van der Waals surface area contributed by atoms with E-state index in [1.165, 1.54) is 15.4 Å². The van der Waals surface area contributed by atoms with Crippen LogP contribution in [0.2, 0.25) is 0 Å². The number of rotatable bonds is 9. The molecular weight excluding hydrogens is 382 g/mol. The molecule has 1 heterocycles. The number of anilines is 1. The summed E-state index contributed by atoms with van der Waals surface area (Å²) in [5.74, 6) is 2.39. The first-order chi connectivity index (χ1) is 14.6. The largest absolute Gasteiger partial charge is 0.494 e. The molecule has 2 aromatic carbocycles. The number of hydrogen-bond donors (Lipinski definition) is 3. The van der Waals surface area contributed by atoms with Gasteiger partial charge in [-0.15, -0.1) is 0 Å². The zero-order valence-corrected chi connectivity index (χ0v) is 18.1. The average Bonchev–Trinajstić information content (AvgIpc) is 2.76. The first-order valence-electron chi connectivity index (χ1n) is 10.5. The summed E-state index contributed by atoms with van der Waals surface area (Å²) in [5, 5.41) is 2.99. The van der Waals surface area contributed by atoms with Gasteiger partial charge < -0.3 is 29.3 Å². The van der Waals surface area contributed by atoms with E-state index < -0.39 is 0 Å². The van der Waals surface area contributed by atoms with Crippen molar-refractivity contribution in [3.8, 4) is 17.2 Å². The van der Waals surface area contributed by atoms with Crippen molar-refractivity contribution in [2.75, 3.05) is 58.9 Å². The second kappa shape index (κ2) is 10.8. The van der Waals surface area contributed by atoms with Crippen molar-refractivity contribution < 1.29 is 28.8 Å². The Labute approximate surface area is 178 Å². The summed E-state index contributed by atoms with van der Waals surface area (Å²) in [4.78, 5) is 15.3. The van der Waals surface area contributed by atoms with Crippen LogP contribution in [0.25, 0.3) is 0 Å². The number of carbonyl (C=O) groups is 1. The van der Waals surface area contributed by atoms with E-state index in [1.807, 2.05) is 37.3 Å². The second-order valence-corrected chi connectivity index (χ2v) is 7.55. The van der Waals surface area contributed by atoms with Gasteiger partial charge in [-0.3, -0.25) is 4.79 Å². The van der Waals surface area contributed by atoms with Crippen LogP contribution >= 0.6 is 0 Å². The first kappa shape index (κ1) is 21.9. The summed E-state index contributed by atoms with van der Waals surface area (Å²) >= 11 is 0. The maximum Gasteiger partial charge on any atom is 0.279 e. The van der Waals surface area contributed by atoms with E-state index in [2.05, 4.69) is 17.4 Å². The lowest BCUT2D eigenvalue weighted by Gasteiger charge is -2.29. The topological polar surface area (TPSA) is 65.7 Å². The Bertz CT molecular complexity index is 818. The van der Waals surface area contributed by atoms with E-state index >= 15 is 0 Å². The molecule has 1 aliphatic rings. The van der Waals surface area contributed by atoms with Crippen LogP contribution in [0.1, 0.15) is 12.5 Å². The van der Waals surface area contributed by atoms with E-state index in [4.69, 9.17) is 14.2 Å². The third-order valence-corrected chi connectivity index (χ3v) is 5.43. The fourth-order valence-electron chi connectivity index (χ4n) is 3.82. The van der Waals surface area contributed by atoms with Crippen LogP contribution in [-0.2, 0) is 11.3 Å². The maximum absolute atomic E-state index is 12.4. The molecule has 0 aliphatic carbocycles. The van der Waals surface area contributed by atoms with E-state index in [0.717, 1.165) is 55.7 Å². The lowest BCUT2D eigenvalue weighted by atomic mass is 10.1. The predicted molar refractivity (Wildman–Crippen MR) is 116 cm³/mol. The van der Waals surface area contributed by atoms with E-state index in [1.54, 1.807) is 14.2 Å². The summed E-state index contributed by atoms with van der Waals surface area (Å²) in [6.07, 6.45) is 0. The Kier molecular flexibility index (Phi) is 7.93. The molecule has 3 N–H and O–H groups in total. The first-order valence-corrected chi connectivity index (χ1v) is 10.5. The van der Waals surface area contributed by atoms with Gasteiger partial charge in [0.2, 0.25) is 0 Å². The lowest BCUT2D eigenvalue weighted by Crippen LogP contribution is -3.28. The average molecular weight is 416 g/mol. The van der Waals surface area contributed by atoms with Crippen LogP contribution in [-0.4, -0.2) is 59.5 Å². The lowest BCUT2D eigenvalue weighted by molar-refractivity contribution is -1.02. The van der Waals surface area contributed by atoms with Crippen molar-refractivity contribution in [1.29, 1.82) is 0 Å². The standard InChI is InChI=1S/C23H31N3O4/c1-4-30-20-8-6-19(7-9-20)24-23(27)17-26-13-11-25(12-14-26)16-18-5-10-21(28-2)22(15-18)29-3/h5-10,15H,4,11-14,16-17H2,1-3H3,(H,24,27)/p+2. The summed E-state index contributed by atoms with van der Waals surface area (Å²) < 4.78 is 16.1. The molecule has 0 aromatic heterocycles. The molecule has 0 unspecified atom stereocenters. The Balaban J connectivity index is 1.43. The predicted octanol–water partition coefficient (Wildman–Crippen LogP) is 0.0246. The van der Waals surface area contributed by atoms with Gasteiger partial charge >= 0.3 is 0 Å². The second-order valence-electron chi connectivity index (χ2n) is 7.55. The number of quaternary nitrogens is 2. The smallest absolute Gasteiger partial charge is 0.279 e. The molecular formula is C23H33N3O4+2. The highest BCUT2D eigenvalue weighted by molar-refractivity contribution is 5.91. The van der Waals surface area contributed by atoms with Crippen LogP contribution in [0.5, 0.6) is 17.2 Å². The molecule has 7 heteroatoms. The molecule has 30 heavy (non-hydrogen) atoms. The zero-order chi connectivity index (χ0) is 21.3. The molecule has 3 rings (SSSR count). The van der Waals surface area contributed by atoms with Crippen LogP contribution in [0, 0.1) is 0 Å². The van der Waals surface area contributed by atoms with Crippen LogP contribution in [0.3, 0.4) is 0 Å². The fourth-order valence-corrected chi connectivity index (χ4v) is 3.82. The SMILES string of the molecule is CCOc1ccc(NC(=O)C[NH+]2CC[NH+](Cc3ccc(OC)c(OC)c3)CC2)cc1. The van der Waals surface area contributed by atoms with Gasteiger partial charge in [0.05, 0.1) is 20.8 Å². The molecule has 0 saturated carbocycles. The van der Waals surface area contributed by atoms with Crippen molar-refractivity contribution >= 4 is 11.6 Å². The van der Waals surface area contributed by atoms with E-state index in [9.17, 15) is 4.79 Å². The van der Waals surface area contributed by atoms with Crippen molar-refractivity contribution in [2.45, 2.75) is 13.5 Å². The van der Waals surface area contributed by atoms with Crippen LogP contribution in [0.15, 0.2) is 42.5 Å². The molecule has 1 fully saturated rings. The van der Waals surface area contributed by atoms with Gasteiger partial charge in [0.25, 0.3) is 5.91 Å². The number of nitrogens with one attached hydrogen (secondary N) is 3. The monoisotopic (exact) mass is 415 g/mol. The number of amides is 1. The Morgan fingerprint density at radius 2 is 1.60 bits per heavy atom. The van der Waals surface area contributed by atoms with Gasteiger partial charge in [-0.25, -0.2) is 0 Å². The van der Waals surface area contributed by atoms with Crippen molar-refractivity contribution in [3.63, 3.8) is 0 Å². The number of benzene rings is 2. The number of ether oxygens (including phenoxy) is 3. The number of piperazine rings is 1. The molecule has 0 bridgehead atoms. The molecule has 1 saturated heterocycles. The quantitative estimate of drug-likeness (QED) is 0.541. The van der Waals surface area contributed by atoms with Crippen LogP contribution < -0.4 is 29.3 Å². The van der Waals surface area contributed by atoms with Crippen LogP contribution in [0.4, 0.5) is 5.69 Å². The summed E-state index contributed by atoms with van der Waals surface area (Å²) in [5.41, 5.74) is 2.04. The summed E-state index contributed by atoms with van der Waals surface area (Å²) in [6, 6.07) is 13.6. The highest BCUT2D eigenvalue weighted by atomic mass is 16.5. The Morgan fingerprint density at radius 3 is 2.23 bits per heavy atom. The third kappa shape index (κ3) is 6.11. The highest BCUT2D eigenvalue weighted by Crippen LogP contribution is 2.27. The van der Waals surface area contributed by atoms with Gasteiger partial charge in [0.15, 0.2) is 18.0 Å². The highest BCUT2D eigenvalue weighted by Gasteiger charge is 2.25. The minimum Gasteiger partial charge on any atom is -0.494 e. The fraction of sp³-hybridized carbons (Fsp3) is 0.435. The molecule has 2 aromatic rings. The molecule has 1 amide bonds. The van der Waals surface area contributed by atoms with Crippen molar-refractivity contribution in [3.05, 3.63) is 48.0 Å².